The van der Waals surface area contributed by atoms with Crippen molar-refractivity contribution in [2.75, 3.05) is 5.75 Å². The van der Waals surface area contributed by atoms with E-state index in [2.05, 4.69) is 13.0 Å². The highest BCUT2D eigenvalue weighted by Gasteiger charge is 2.07. The molecule has 0 amide bonds. The van der Waals surface area contributed by atoms with Gasteiger partial charge in [0.15, 0.2) is 11.9 Å². The molecule has 96 valence electrons. The summed E-state index contributed by atoms with van der Waals surface area (Å²) in [6.07, 6.45) is 4.48. The van der Waals surface area contributed by atoms with Crippen molar-refractivity contribution in [2.45, 2.75) is 39.7 Å². The van der Waals surface area contributed by atoms with Gasteiger partial charge in [-0.25, -0.2) is 13.0 Å². The lowest BCUT2D eigenvalue weighted by molar-refractivity contribution is -0.702. The first-order chi connectivity index (χ1) is 7.92. The maximum Gasteiger partial charge on any atom is 0.178 e. The smallest absolute Gasteiger partial charge is 0.178 e. The number of nitrogens with zero attached hydrogens (tertiary/aromatic N) is 1. The molecule has 1 heterocycles. The summed E-state index contributed by atoms with van der Waals surface area (Å²) in [6.45, 7) is 4.69. The quantitative estimate of drug-likeness (QED) is 0.568. The van der Waals surface area contributed by atoms with Gasteiger partial charge in [-0.15, -0.1) is 0 Å². The number of hydrogen-bond donors (Lipinski definition) is 0. The van der Waals surface area contributed by atoms with Gasteiger partial charge in [-0.2, -0.15) is 0 Å². The van der Waals surface area contributed by atoms with Gasteiger partial charge < -0.3 is 4.55 Å². The molecule has 17 heavy (non-hydrogen) atoms. The normalized spacial score (nSPS) is 11.7. The predicted octanol–water partition coefficient (Wildman–Crippen LogP) is 1.17. The van der Waals surface area contributed by atoms with Gasteiger partial charge >= 0.3 is 0 Å². The third-order valence-electron chi connectivity index (χ3n) is 2.65. The van der Waals surface area contributed by atoms with Crippen molar-refractivity contribution in [3.8, 4) is 0 Å². The molecule has 0 aliphatic rings. The van der Waals surface area contributed by atoms with Gasteiger partial charge in [0.2, 0.25) is 0 Å². The van der Waals surface area contributed by atoms with Crippen LogP contribution in [0.2, 0.25) is 0 Å². The Bertz CT molecular complexity index is 469. The van der Waals surface area contributed by atoms with Crippen molar-refractivity contribution >= 4 is 10.1 Å². The predicted molar refractivity (Wildman–Crippen MR) is 64.6 cm³/mol. The van der Waals surface area contributed by atoms with Crippen LogP contribution in [0.1, 0.15) is 31.0 Å². The maximum absolute atomic E-state index is 10.5. The zero-order chi connectivity index (χ0) is 12.9. The topological polar surface area (TPSA) is 61.1 Å². The molecule has 0 unspecified atom stereocenters. The molecule has 0 fully saturated rings. The molecular weight excluding hydrogens is 238 g/mol. The molecule has 0 atom stereocenters. The van der Waals surface area contributed by atoms with Crippen LogP contribution in [0.4, 0.5) is 0 Å². The Kier molecular flexibility index (Phi) is 5.08. The molecule has 0 saturated carbocycles. The third-order valence-corrected chi connectivity index (χ3v) is 3.44. The third kappa shape index (κ3) is 5.28. The molecule has 0 saturated heterocycles. The standard InChI is InChI=1S/C12H19NO3S/c1-3-5-12-6-8-13(11(2)10-12)7-4-9-17(14,15)16/h6,8,10H,3-5,7,9H2,1-2H3. The van der Waals surface area contributed by atoms with Crippen LogP contribution < -0.4 is 4.57 Å². The van der Waals surface area contributed by atoms with E-state index in [-0.39, 0.29) is 5.75 Å². The largest absolute Gasteiger partial charge is 0.748 e. The van der Waals surface area contributed by atoms with Crippen LogP contribution >= 0.6 is 0 Å². The van der Waals surface area contributed by atoms with Gasteiger partial charge in [-0.3, -0.25) is 0 Å². The first-order valence-electron chi connectivity index (χ1n) is 5.85. The van der Waals surface area contributed by atoms with Crippen LogP contribution in [0, 0.1) is 6.92 Å². The summed E-state index contributed by atoms with van der Waals surface area (Å²) in [4.78, 5) is 0. The van der Waals surface area contributed by atoms with Crippen LogP contribution in [0.3, 0.4) is 0 Å². The second-order valence-corrected chi connectivity index (χ2v) is 5.76. The van der Waals surface area contributed by atoms with Crippen molar-refractivity contribution in [1.82, 2.24) is 0 Å². The number of aromatic nitrogens is 1. The fourth-order valence-corrected chi connectivity index (χ4v) is 2.29. The lowest BCUT2D eigenvalue weighted by Gasteiger charge is -2.06. The van der Waals surface area contributed by atoms with Crippen LogP contribution in [-0.4, -0.2) is 18.7 Å². The second kappa shape index (κ2) is 6.12. The van der Waals surface area contributed by atoms with Gasteiger partial charge in [-0.1, -0.05) is 13.3 Å². The minimum Gasteiger partial charge on any atom is -0.748 e. The van der Waals surface area contributed by atoms with Crippen LogP contribution in [0.25, 0.3) is 0 Å². The second-order valence-electron chi connectivity index (χ2n) is 4.24. The monoisotopic (exact) mass is 257 g/mol. The Labute approximate surface area is 103 Å². The maximum atomic E-state index is 10.5. The summed E-state index contributed by atoms with van der Waals surface area (Å²) in [6, 6.07) is 4.15. The van der Waals surface area contributed by atoms with E-state index in [0.717, 1.165) is 18.5 Å². The van der Waals surface area contributed by atoms with Gasteiger partial charge in [-0.05, 0) is 12.0 Å². The van der Waals surface area contributed by atoms with Crippen LogP contribution in [0.5, 0.6) is 0 Å². The van der Waals surface area contributed by atoms with E-state index >= 15 is 0 Å². The molecule has 0 aromatic carbocycles. The number of rotatable bonds is 6. The first-order valence-corrected chi connectivity index (χ1v) is 7.42. The Morgan fingerprint density at radius 3 is 2.65 bits per heavy atom. The minimum atomic E-state index is -4.09. The van der Waals surface area contributed by atoms with Gasteiger partial charge in [0.25, 0.3) is 0 Å². The van der Waals surface area contributed by atoms with E-state index in [1.54, 1.807) is 0 Å². The zero-order valence-corrected chi connectivity index (χ0v) is 11.2. The highest BCUT2D eigenvalue weighted by Crippen LogP contribution is 2.03. The Morgan fingerprint density at radius 2 is 2.12 bits per heavy atom. The SMILES string of the molecule is CCCc1cc[n+](CCCS(=O)(=O)[O-])c(C)c1. The summed E-state index contributed by atoms with van der Waals surface area (Å²) >= 11 is 0. The van der Waals surface area contributed by atoms with Crippen molar-refractivity contribution in [1.29, 1.82) is 0 Å². The van der Waals surface area contributed by atoms with Gasteiger partial charge in [0.1, 0.15) is 6.54 Å². The van der Waals surface area contributed by atoms with E-state index in [0.29, 0.717) is 13.0 Å². The van der Waals surface area contributed by atoms with E-state index < -0.39 is 10.1 Å². The molecule has 1 rings (SSSR count). The first kappa shape index (κ1) is 14.1. The molecule has 0 aliphatic carbocycles. The van der Waals surface area contributed by atoms with Crippen molar-refractivity contribution in [3.63, 3.8) is 0 Å². The Balaban J connectivity index is 2.60. The average Bonchev–Trinajstić information content (AvgIpc) is 2.20. The number of hydrogen-bond acceptors (Lipinski definition) is 3. The minimum absolute atomic E-state index is 0.295. The van der Waals surface area contributed by atoms with Crippen molar-refractivity contribution in [3.05, 3.63) is 29.6 Å². The molecule has 1 aromatic heterocycles. The summed E-state index contributed by atoms with van der Waals surface area (Å²) in [5.74, 6) is -0.295. The summed E-state index contributed by atoms with van der Waals surface area (Å²) in [5, 5.41) is 0. The van der Waals surface area contributed by atoms with E-state index in [9.17, 15) is 13.0 Å². The van der Waals surface area contributed by atoms with Crippen LogP contribution in [0.15, 0.2) is 18.3 Å². The lowest BCUT2D eigenvalue weighted by Crippen LogP contribution is -2.37. The highest BCUT2D eigenvalue weighted by molar-refractivity contribution is 7.85. The highest BCUT2D eigenvalue weighted by atomic mass is 32.2. The summed E-state index contributed by atoms with van der Waals surface area (Å²) in [5.41, 5.74) is 2.39. The van der Waals surface area contributed by atoms with Gasteiger partial charge in [0.05, 0.1) is 10.1 Å². The molecular formula is C12H19NO3S. The molecule has 1 aromatic rings. The Hall–Kier alpha value is -0.940. The summed E-state index contributed by atoms with van der Waals surface area (Å²) < 4.78 is 33.4. The number of pyridine rings is 1. The van der Waals surface area contributed by atoms with E-state index in [1.165, 1.54) is 5.56 Å². The lowest BCUT2D eigenvalue weighted by atomic mass is 10.1. The van der Waals surface area contributed by atoms with Crippen molar-refractivity contribution in [2.24, 2.45) is 0 Å². The fraction of sp³-hybridized carbons (Fsp3) is 0.583. The molecule has 5 heteroatoms. The molecule has 0 spiro atoms. The molecule has 0 aliphatic heterocycles. The molecule has 0 radical (unpaired) electrons. The average molecular weight is 257 g/mol. The van der Waals surface area contributed by atoms with Gasteiger partial charge in [0, 0.05) is 31.2 Å². The zero-order valence-electron chi connectivity index (χ0n) is 10.3. The summed E-state index contributed by atoms with van der Waals surface area (Å²) in [7, 11) is -4.09. The molecule has 0 bridgehead atoms. The molecule has 4 nitrogen and oxygen atoms in total. The fourth-order valence-electron chi connectivity index (χ4n) is 1.81. The van der Waals surface area contributed by atoms with E-state index in [1.807, 2.05) is 23.8 Å². The van der Waals surface area contributed by atoms with E-state index in [4.69, 9.17) is 0 Å². The van der Waals surface area contributed by atoms with Crippen LogP contribution in [-0.2, 0) is 23.1 Å². The Morgan fingerprint density at radius 1 is 1.41 bits per heavy atom. The van der Waals surface area contributed by atoms with Crippen molar-refractivity contribution < 1.29 is 17.5 Å². The number of aryl methyl sites for hydroxylation is 3. The molecule has 0 N–H and O–H groups in total.